The number of aromatic nitrogens is 4. The first kappa shape index (κ1) is 38.8. The molecule has 0 radical (unpaired) electrons. The SMILES string of the molecule is c1ccc(-c2ccc(-c3nc(-c4ccc(-c5ccccc5)cc4)nc(-c4cccc(-c5cccc(-c6cccc(-c7nc8cc9ccccc9cc8c8ccccc78)c6)c5)c4)n3)cc2)cc1. The molecule has 0 saturated heterocycles. The molecule has 0 bridgehead atoms. The van der Waals surface area contributed by atoms with E-state index < -0.39 is 0 Å². The maximum absolute atomic E-state index is 5.33. The highest BCUT2D eigenvalue weighted by atomic mass is 15.0. The summed E-state index contributed by atoms with van der Waals surface area (Å²) >= 11 is 0. The fourth-order valence-electron chi connectivity index (χ4n) is 9.07. The van der Waals surface area contributed by atoms with Crippen molar-refractivity contribution in [2.24, 2.45) is 0 Å². The van der Waals surface area contributed by atoms with E-state index in [-0.39, 0.29) is 0 Å². The predicted molar refractivity (Wildman–Crippen MR) is 274 cm³/mol. The van der Waals surface area contributed by atoms with Crippen LogP contribution in [0, 0.1) is 0 Å². The number of pyridine rings is 1. The van der Waals surface area contributed by atoms with Crippen LogP contribution in [-0.4, -0.2) is 19.9 Å². The Labute approximate surface area is 383 Å². The van der Waals surface area contributed by atoms with E-state index in [2.05, 4.69) is 231 Å². The molecule has 2 aromatic heterocycles. The molecular weight excluding hydrogens is 801 g/mol. The molecule has 0 aliphatic heterocycles. The molecule has 2 heterocycles. The molecule has 308 valence electrons. The highest BCUT2D eigenvalue weighted by molar-refractivity contribution is 6.14. The van der Waals surface area contributed by atoms with Crippen molar-refractivity contribution in [1.82, 2.24) is 19.9 Å². The van der Waals surface area contributed by atoms with Crippen molar-refractivity contribution in [2.75, 3.05) is 0 Å². The molecule has 0 aliphatic carbocycles. The number of hydrogen-bond donors (Lipinski definition) is 0. The summed E-state index contributed by atoms with van der Waals surface area (Å²) < 4.78 is 0. The summed E-state index contributed by atoms with van der Waals surface area (Å²) in [5, 5.41) is 5.91. The van der Waals surface area contributed by atoms with Crippen LogP contribution >= 0.6 is 0 Å². The van der Waals surface area contributed by atoms with Crippen molar-refractivity contribution in [1.29, 1.82) is 0 Å². The van der Waals surface area contributed by atoms with Crippen molar-refractivity contribution in [3.63, 3.8) is 0 Å². The second kappa shape index (κ2) is 16.7. The van der Waals surface area contributed by atoms with Gasteiger partial charge in [0.2, 0.25) is 0 Å². The predicted octanol–water partition coefficient (Wildman–Crippen LogP) is 16.1. The molecule has 4 nitrogen and oxygen atoms in total. The minimum absolute atomic E-state index is 0.614. The molecule has 0 saturated carbocycles. The third-order valence-corrected chi connectivity index (χ3v) is 12.5. The van der Waals surface area contributed by atoms with E-state index in [1.54, 1.807) is 0 Å². The van der Waals surface area contributed by atoms with E-state index in [1.807, 2.05) is 12.1 Å². The van der Waals surface area contributed by atoms with Gasteiger partial charge < -0.3 is 0 Å². The van der Waals surface area contributed by atoms with E-state index in [4.69, 9.17) is 19.9 Å². The lowest BCUT2D eigenvalue weighted by molar-refractivity contribution is 1.07. The monoisotopic (exact) mass is 840 g/mol. The van der Waals surface area contributed by atoms with Gasteiger partial charge in [0.05, 0.1) is 11.2 Å². The molecule has 12 aromatic rings. The van der Waals surface area contributed by atoms with Gasteiger partial charge in [-0.1, -0.05) is 212 Å². The minimum atomic E-state index is 0.614. The van der Waals surface area contributed by atoms with E-state index in [1.165, 1.54) is 21.5 Å². The highest BCUT2D eigenvalue weighted by Gasteiger charge is 2.16. The summed E-state index contributed by atoms with van der Waals surface area (Å²) in [6, 6.07) is 85.4. The molecule has 0 atom stereocenters. The van der Waals surface area contributed by atoms with Gasteiger partial charge in [-0.15, -0.1) is 0 Å². The van der Waals surface area contributed by atoms with Gasteiger partial charge in [0.25, 0.3) is 0 Å². The summed E-state index contributed by atoms with van der Waals surface area (Å²) in [4.78, 5) is 20.7. The summed E-state index contributed by atoms with van der Waals surface area (Å²) in [5.41, 5.74) is 14.8. The Balaban J connectivity index is 0.908. The number of hydrogen-bond acceptors (Lipinski definition) is 4. The zero-order valence-corrected chi connectivity index (χ0v) is 35.9. The molecule has 0 spiro atoms. The van der Waals surface area contributed by atoms with Gasteiger partial charge in [-0.05, 0) is 91.0 Å². The normalized spacial score (nSPS) is 11.3. The third kappa shape index (κ3) is 7.47. The smallest absolute Gasteiger partial charge is 0.164 e. The maximum atomic E-state index is 5.33. The lowest BCUT2D eigenvalue weighted by Gasteiger charge is -2.13. The second-order valence-electron chi connectivity index (χ2n) is 16.7. The highest BCUT2D eigenvalue weighted by Crippen LogP contribution is 2.37. The lowest BCUT2D eigenvalue weighted by Crippen LogP contribution is -2.00. The first-order valence-electron chi connectivity index (χ1n) is 22.3. The fourth-order valence-corrected chi connectivity index (χ4v) is 9.07. The molecule has 4 heteroatoms. The number of rotatable bonds is 8. The van der Waals surface area contributed by atoms with Crippen molar-refractivity contribution >= 4 is 32.4 Å². The molecule has 0 amide bonds. The quantitative estimate of drug-likeness (QED) is 0.113. The molecule has 0 aliphatic rings. The van der Waals surface area contributed by atoms with Crippen LogP contribution < -0.4 is 0 Å². The first-order chi connectivity index (χ1) is 32.7. The molecule has 12 rings (SSSR count). The summed E-state index contributed by atoms with van der Waals surface area (Å²) in [5.74, 6) is 1.86. The topological polar surface area (TPSA) is 51.6 Å². The molecule has 0 unspecified atom stereocenters. The molecule has 66 heavy (non-hydrogen) atoms. The Morgan fingerprint density at radius 3 is 1.11 bits per heavy atom. The van der Waals surface area contributed by atoms with Gasteiger partial charge in [0.15, 0.2) is 17.5 Å². The summed E-state index contributed by atoms with van der Waals surface area (Å²) in [6.45, 7) is 0. The van der Waals surface area contributed by atoms with Crippen LogP contribution in [0.4, 0.5) is 0 Å². The molecule has 10 aromatic carbocycles. The van der Waals surface area contributed by atoms with E-state index >= 15 is 0 Å². The van der Waals surface area contributed by atoms with Crippen LogP contribution in [0.5, 0.6) is 0 Å². The Bertz CT molecular complexity index is 3630. The third-order valence-electron chi connectivity index (χ3n) is 12.5. The van der Waals surface area contributed by atoms with E-state index in [9.17, 15) is 0 Å². The van der Waals surface area contributed by atoms with Gasteiger partial charge in [-0.25, -0.2) is 19.9 Å². The second-order valence-corrected chi connectivity index (χ2v) is 16.7. The largest absolute Gasteiger partial charge is 0.247 e. The van der Waals surface area contributed by atoms with Crippen LogP contribution in [0.3, 0.4) is 0 Å². The minimum Gasteiger partial charge on any atom is -0.247 e. The maximum Gasteiger partial charge on any atom is 0.164 e. The van der Waals surface area contributed by atoms with E-state index in [0.29, 0.717) is 17.5 Å². The van der Waals surface area contributed by atoms with Crippen molar-refractivity contribution in [3.8, 4) is 89.9 Å². The molecular formula is C62H40N4. The Hall–Kier alpha value is -8.86. The molecule has 0 N–H and O–H groups in total. The average molecular weight is 841 g/mol. The van der Waals surface area contributed by atoms with Crippen LogP contribution in [0.1, 0.15) is 0 Å². The van der Waals surface area contributed by atoms with Crippen LogP contribution in [-0.2, 0) is 0 Å². The zero-order chi connectivity index (χ0) is 43.8. The Kier molecular flexibility index (Phi) is 9.81. The van der Waals surface area contributed by atoms with Gasteiger partial charge in [0.1, 0.15) is 0 Å². The van der Waals surface area contributed by atoms with Crippen LogP contribution in [0.15, 0.2) is 243 Å². The standard InChI is InChI=1S/C62H40N4/c1-3-14-41(15-4-1)43-28-32-45(33-29-43)60-64-61(46-34-30-44(31-35-46)42-16-5-2-6-17-42)66-62(65-60)54-25-13-23-50(38-54)48-21-11-20-47(36-48)49-22-12-24-53(37-49)59-56-27-10-9-26-55(56)57-39-51-18-7-8-19-52(51)40-58(57)63-59/h1-40H. The van der Waals surface area contributed by atoms with Crippen molar-refractivity contribution < 1.29 is 0 Å². The van der Waals surface area contributed by atoms with E-state index in [0.717, 1.165) is 83.4 Å². The number of nitrogens with zero attached hydrogens (tertiary/aromatic N) is 4. The number of benzene rings is 10. The van der Waals surface area contributed by atoms with Crippen LogP contribution in [0.2, 0.25) is 0 Å². The van der Waals surface area contributed by atoms with Gasteiger partial charge in [0, 0.05) is 33.0 Å². The van der Waals surface area contributed by atoms with Crippen molar-refractivity contribution in [2.45, 2.75) is 0 Å². The number of fused-ring (bicyclic) bond motifs is 4. The average Bonchev–Trinajstić information content (AvgIpc) is 3.40. The zero-order valence-electron chi connectivity index (χ0n) is 35.9. The summed E-state index contributed by atoms with van der Waals surface area (Å²) in [6.07, 6.45) is 0. The van der Waals surface area contributed by atoms with Crippen molar-refractivity contribution in [3.05, 3.63) is 243 Å². The summed E-state index contributed by atoms with van der Waals surface area (Å²) in [7, 11) is 0. The Morgan fingerprint density at radius 1 is 0.197 bits per heavy atom. The fraction of sp³-hybridized carbons (Fsp3) is 0. The van der Waals surface area contributed by atoms with Gasteiger partial charge in [-0.3, -0.25) is 0 Å². The van der Waals surface area contributed by atoms with Crippen LogP contribution in [0.25, 0.3) is 122 Å². The Morgan fingerprint density at radius 2 is 0.561 bits per heavy atom. The van der Waals surface area contributed by atoms with Gasteiger partial charge >= 0.3 is 0 Å². The van der Waals surface area contributed by atoms with Gasteiger partial charge in [-0.2, -0.15) is 0 Å². The lowest BCUT2D eigenvalue weighted by atomic mass is 9.94. The first-order valence-corrected chi connectivity index (χ1v) is 22.3. The molecule has 0 fully saturated rings.